The van der Waals surface area contributed by atoms with E-state index in [0.29, 0.717) is 23.6 Å². The van der Waals surface area contributed by atoms with E-state index in [1.165, 1.54) is 13.8 Å². The van der Waals surface area contributed by atoms with Crippen molar-refractivity contribution < 1.29 is 53.3 Å². The summed E-state index contributed by atoms with van der Waals surface area (Å²) < 4.78 is 34.2. The van der Waals surface area contributed by atoms with Crippen LogP contribution in [-0.4, -0.2) is 95.0 Å². The number of nitrogens with one attached hydrogen (secondary N) is 1. The number of benzene rings is 1. The molecule has 0 amide bonds. The number of methoxy groups -OCH3 is 1. The van der Waals surface area contributed by atoms with Gasteiger partial charge in [0.2, 0.25) is 6.79 Å². The molecule has 1 aromatic rings. The Kier molecular flexibility index (Phi) is 13.9. The molecule has 1 fully saturated rings. The molecule has 1 saturated heterocycles. The quantitative estimate of drug-likeness (QED) is 0.0993. The van der Waals surface area contributed by atoms with Crippen LogP contribution in [0, 0.1) is 11.8 Å². The molecule has 0 bridgehead atoms. The highest BCUT2D eigenvalue weighted by atomic mass is 16.7. The van der Waals surface area contributed by atoms with E-state index in [1.54, 1.807) is 44.4 Å². The first-order chi connectivity index (χ1) is 24.1. The number of esters is 2. The summed E-state index contributed by atoms with van der Waals surface area (Å²) in [7, 11) is 1.70. The fourth-order valence-corrected chi connectivity index (χ4v) is 6.95. The average Bonchev–Trinajstić information content (AvgIpc) is 3.70. The van der Waals surface area contributed by atoms with Gasteiger partial charge in [-0.25, -0.2) is 0 Å². The SMILES string of the molecule is CC[C@H](OC)[C@@H](C)[C@H]1O[C@@H]1C(NCc1ccc2c(c1)OCO2)C(C)(O)C=CC=C(C)C1OC(=O)C[C@H](O)CC[C@@](C)(O)[C@@H](OC(C)=O)C=C[C@@H]1C. The van der Waals surface area contributed by atoms with Crippen molar-refractivity contribution >= 4 is 11.9 Å². The number of allylic oxidation sites excluding steroid dienone is 2. The number of hydrogen-bond acceptors (Lipinski definition) is 12. The molecule has 51 heavy (non-hydrogen) atoms. The van der Waals surface area contributed by atoms with Crippen molar-refractivity contribution in [1.82, 2.24) is 5.32 Å². The fourth-order valence-electron chi connectivity index (χ4n) is 6.95. The Balaban J connectivity index is 1.56. The molecule has 4 N–H and O–H groups in total. The maximum absolute atomic E-state index is 12.9. The minimum atomic E-state index is -1.46. The third-order valence-corrected chi connectivity index (χ3v) is 10.2. The van der Waals surface area contributed by atoms with Crippen LogP contribution in [0.1, 0.15) is 79.7 Å². The van der Waals surface area contributed by atoms with Crippen LogP contribution in [0.15, 0.2) is 54.2 Å². The van der Waals surface area contributed by atoms with E-state index in [9.17, 15) is 24.9 Å². The van der Waals surface area contributed by atoms with Crippen LogP contribution in [0.5, 0.6) is 11.5 Å². The van der Waals surface area contributed by atoms with Crippen LogP contribution in [0.2, 0.25) is 0 Å². The zero-order chi connectivity index (χ0) is 37.5. The predicted molar refractivity (Wildman–Crippen MR) is 190 cm³/mol. The van der Waals surface area contributed by atoms with Gasteiger partial charge in [-0.05, 0) is 69.4 Å². The smallest absolute Gasteiger partial charge is 0.309 e. The average molecular weight is 716 g/mol. The largest absolute Gasteiger partial charge is 0.457 e. The van der Waals surface area contributed by atoms with E-state index in [0.717, 1.165) is 12.0 Å². The van der Waals surface area contributed by atoms with Crippen LogP contribution in [0.3, 0.4) is 0 Å². The fraction of sp³-hybridized carbons (Fsp3) is 0.641. The van der Waals surface area contributed by atoms with Crippen LogP contribution in [0.25, 0.3) is 0 Å². The molecule has 0 aliphatic carbocycles. The maximum Gasteiger partial charge on any atom is 0.309 e. The highest BCUT2D eigenvalue weighted by Gasteiger charge is 2.54. The van der Waals surface area contributed by atoms with Gasteiger partial charge >= 0.3 is 11.9 Å². The maximum atomic E-state index is 12.9. The number of ether oxygens (including phenoxy) is 6. The lowest BCUT2D eigenvalue weighted by Crippen LogP contribution is -2.52. The summed E-state index contributed by atoms with van der Waals surface area (Å²) in [4.78, 5) is 24.7. The van der Waals surface area contributed by atoms with E-state index in [1.807, 2.05) is 32.0 Å². The van der Waals surface area contributed by atoms with Gasteiger partial charge in [-0.15, -0.1) is 0 Å². The number of hydrogen-bond donors (Lipinski definition) is 4. The molecule has 11 atom stereocenters. The molecule has 284 valence electrons. The number of aliphatic hydroxyl groups is 3. The lowest BCUT2D eigenvalue weighted by Gasteiger charge is -2.32. The van der Waals surface area contributed by atoms with E-state index in [4.69, 9.17) is 28.4 Å². The van der Waals surface area contributed by atoms with Crippen LogP contribution in [-0.2, 0) is 35.1 Å². The van der Waals surface area contributed by atoms with Crippen molar-refractivity contribution in [1.29, 1.82) is 0 Å². The van der Waals surface area contributed by atoms with Crippen molar-refractivity contribution in [3.05, 3.63) is 59.7 Å². The molecule has 0 radical (unpaired) electrons. The van der Waals surface area contributed by atoms with E-state index in [2.05, 4.69) is 19.2 Å². The minimum absolute atomic E-state index is 0.0156. The second-order valence-corrected chi connectivity index (χ2v) is 14.6. The van der Waals surface area contributed by atoms with Crippen molar-refractivity contribution in [3.8, 4) is 11.5 Å². The Labute approximate surface area is 301 Å². The molecule has 3 aliphatic heterocycles. The highest BCUT2D eigenvalue weighted by molar-refractivity contribution is 5.70. The van der Waals surface area contributed by atoms with Gasteiger partial charge in [-0.1, -0.05) is 51.1 Å². The van der Waals surface area contributed by atoms with Crippen LogP contribution in [0.4, 0.5) is 0 Å². The van der Waals surface area contributed by atoms with Gasteiger partial charge in [0, 0.05) is 32.4 Å². The lowest BCUT2D eigenvalue weighted by atomic mass is 9.87. The third kappa shape index (κ3) is 10.9. The number of fused-ring (bicyclic) bond motifs is 1. The Morgan fingerprint density at radius 2 is 1.92 bits per heavy atom. The number of carbonyl (C=O) groups is 2. The highest BCUT2D eigenvalue weighted by Crippen LogP contribution is 2.39. The van der Waals surface area contributed by atoms with Crippen molar-refractivity contribution in [2.24, 2.45) is 11.8 Å². The molecule has 12 nitrogen and oxygen atoms in total. The summed E-state index contributed by atoms with van der Waals surface area (Å²) in [5.74, 6) is -0.0394. The van der Waals surface area contributed by atoms with Crippen molar-refractivity contribution in [2.45, 2.75) is 135 Å². The summed E-state index contributed by atoms with van der Waals surface area (Å²) in [6, 6.07) is 5.24. The van der Waals surface area contributed by atoms with Gasteiger partial charge in [0.05, 0.1) is 36.4 Å². The van der Waals surface area contributed by atoms with E-state index >= 15 is 0 Å². The van der Waals surface area contributed by atoms with Crippen LogP contribution >= 0.6 is 0 Å². The van der Waals surface area contributed by atoms with Gasteiger partial charge < -0.3 is 49.1 Å². The van der Waals surface area contributed by atoms with Gasteiger partial charge in [-0.2, -0.15) is 0 Å². The third-order valence-electron chi connectivity index (χ3n) is 10.2. The summed E-state index contributed by atoms with van der Waals surface area (Å²) in [5.41, 5.74) is -1.19. The molecule has 0 spiro atoms. The standard InChI is InChI=1S/C39H57NO11/c1-9-29(46-8)25(4)35-36(51-35)37(40-21-27-13-14-30-31(19-27)48-22-47-30)39(7,45)17-10-11-23(2)34-24(3)12-15-32(49-26(5)41)38(6,44)18-16-28(42)20-33(43)50-34/h10-15,17,19,24-25,28-29,32,34-37,40,42,44-45H,9,16,18,20-22H2,1-8H3/t24-,25+,28+,29-,32-,34?,35+,36-,37?,38+,39?/m0/s1. The zero-order valence-corrected chi connectivity index (χ0v) is 31.2. The van der Waals surface area contributed by atoms with Gasteiger partial charge in [0.25, 0.3) is 0 Å². The summed E-state index contributed by atoms with van der Waals surface area (Å²) >= 11 is 0. The molecule has 3 unspecified atom stereocenters. The number of carbonyl (C=O) groups excluding carboxylic acids is 2. The first kappa shape index (κ1) is 40.5. The molecule has 4 rings (SSSR count). The molecule has 0 aromatic heterocycles. The number of rotatable bonds is 13. The normalized spacial score (nSPS) is 31.5. The summed E-state index contributed by atoms with van der Waals surface area (Å²) in [5, 5.41) is 37.1. The predicted octanol–water partition coefficient (Wildman–Crippen LogP) is 4.29. The molecular weight excluding hydrogens is 658 g/mol. The second kappa shape index (κ2) is 17.5. The molecule has 0 saturated carbocycles. The minimum Gasteiger partial charge on any atom is -0.457 e. The second-order valence-electron chi connectivity index (χ2n) is 14.6. The molecule has 3 heterocycles. The molecule has 3 aliphatic rings. The van der Waals surface area contributed by atoms with Gasteiger partial charge in [0.1, 0.15) is 23.9 Å². The topological polar surface area (TPSA) is 166 Å². The Morgan fingerprint density at radius 3 is 2.61 bits per heavy atom. The zero-order valence-electron chi connectivity index (χ0n) is 31.2. The summed E-state index contributed by atoms with van der Waals surface area (Å²) in [6.45, 7) is 13.0. The van der Waals surface area contributed by atoms with Crippen LogP contribution < -0.4 is 14.8 Å². The van der Waals surface area contributed by atoms with E-state index in [-0.39, 0.29) is 50.3 Å². The molecule has 12 heteroatoms. The number of aliphatic hydroxyl groups excluding tert-OH is 1. The Hall–Kier alpha value is -3.26. The Morgan fingerprint density at radius 1 is 1.20 bits per heavy atom. The first-order valence-corrected chi connectivity index (χ1v) is 17.9. The van der Waals surface area contributed by atoms with Crippen molar-refractivity contribution in [3.63, 3.8) is 0 Å². The molecule has 1 aromatic carbocycles. The van der Waals surface area contributed by atoms with E-state index < -0.39 is 53.4 Å². The lowest BCUT2D eigenvalue weighted by molar-refractivity contribution is -0.157. The summed E-state index contributed by atoms with van der Waals surface area (Å²) in [6.07, 6.45) is 6.23. The number of epoxide rings is 1. The van der Waals surface area contributed by atoms with Gasteiger partial charge in [-0.3, -0.25) is 9.59 Å². The Bertz CT molecular complexity index is 1430. The monoisotopic (exact) mass is 715 g/mol. The van der Waals surface area contributed by atoms with Gasteiger partial charge in [0.15, 0.2) is 11.5 Å². The van der Waals surface area contributed by atoms with Crippen molar-refractivity contribution in [2.75, 3.05) is 13.9 Å². The number of cyclic esters (lactones) is 1. The molecular formula is C39H57NO11. The first-order valence-electron chi connectivity index (χ1n) is 17.9.